The van der Waals surface area contributed by atoms with E-state index in [0.29, 0.717) is 17.9 Å². The van der Waals surface area contributed by atoms with Gasteiger partial charge in [-0.25, -0.2) is 9.97 Å². The summed E-state index contributed by atoms with van der Waals surface area (Å²) in [5, 5.41) is 2.91. The molecule has 0 bridgehead atoms. The van der Waals surface area contributed by atoms with Gasteiger partial charge < -0.3 is 15.6 Å². The first-order valence-electron chi connectivity index (χ1n) is 7.19. The van der Waals surface area contributed by atoms with Gasteiger partial charge >= 0.3 is 0 Å². The van der Waals surface area contributed by atoms with Crippen LogP contribution in [-0.4, -0.2) is 27.0 Å². The number of rotatable bonds is 7. The predicted octanol–water partition coefficient (Wildman–Crippen LogP) is 1.63. The topological polar surface area (TPSA) is 85.8 Å². The monoisotopic (exact) mass is 287 g/mol. The van der Waals surface area contributed by atoms with E-state index in [4.69, 9.17) is 5.73 Å². The first kappa shape index (κ1) is 15.0. The Labute approximate surface area is 124 Å². The number of nitrogens with one attached hydrogen (secondary N) is 1. The Bertz CT molecular complexity index is 580. The molecule has 3 N–H and O–H groups in total. The van der Waals surface area contributed by atoms with Gasteiger partial charge in [-0.2, -0.15) is 0 Å². The van der Waals surface area contributed by atoms with Crippen LogP contribution in [0.15, 0.2) is 30.9 Å². The number of nitrogen functional groups attached to an aromatic ring is 1. The zero-order valence-electron chi connectivity index (χ0n) is 12.2. The van der Waals surface area contributed by atoms with Gasteiger partial charge in [0.05, 0.1) is 6.33 Å². The van der Waals surface area contributed by atoms with Gasteiger partial charge in [0.2, 0.25) is 0 Å². The van der Waals surface area contributed by atoms with Crippen LogP contribution in [0.4, 0.5) is 5.82 Å². The molecule has 0 aliphatic rings. The van der Waals surface area contributed by atoms with Crippen molar-refractivity contribution in [1.82, 2.24) is 19.9 Å². The van der Waals surface area contributed by atoms with Crippen LogP contribution in [0.25, 0.3) is 0 Å². The second-order valence-corrected chi connectivity index (χ2v) is 4.89. The maximum absolute atomic E-state index is 12.0. The number of imidazole rings is 1. The Balaban J connectivity index is 1.75. The standard InChI is InChI=1S/C15H21N5O/c1-2-13-9-12(10-14(16)19-13)15(21)18-5-3-4-7-20-8-6-17-11-20/h6,8-11H,2-5,7H2,1H3,(H2,16,19)(H,18,21). The molecular weight excluding hydrogens is 266 g/mol. The molecule has 0 spiro atoms. The van der Waals surface area contributed by atoms with E-state index in [2.05, 4.69) is 15.3 Å². The molecule has 0 aliphatic heterocycles. The maximum Gasteiger partial charge on any atom is 0.251 e. The van der Waals surface area contributed by atoms with Gasteiger partial charge in [-0.15, -0.1) is 0 Å². The largest absolute Gasteiger partial charge is 0.384 e. The molecule has 112 valence electrons. The Hall–Kier alpha value is -2.37. The number of anilines is 1. The highest BCUT2D eigenvalue weighted by Gasteiger charge is 2.07. The number of aromatic nitrogens is 3. The van der Waals surface area contributed by atoms with E-state index < -0.39 is 0 Å². The summed E-state index contributed by atoms with van der Waals surface area (Å²) in [4.78, 5) is 20.2. The van der Waals surface area contributed by atoms with Crippen molar-refractivity contribution in [3.63, 3.8) is 0 Å². The molecule has 2 aromatic rings. The summed E-state index contributed by atoms with van der Waals surface area (Å²) in [5.74, 6) is 0.293. The van der Waals surface area contributed by atoms with Gasteiger partial charge in [-0.05, 0) is 31.4 Å². The Morgan fingerprint density at radius 3 is 2.95 bits per heavy atom. The highest BCUT2D eigenvalue weighted by atomic mass is 16.1. The molecule has 2 aromatic heterocycles. The van der Waals surface area contributed by atoms with Crippen molar-refractivity contribution in [1.29, 1.82) is 0 Å². The van der Waals surface area contributed by atoms with E-state index in [-0.39, 0.29) is 5.91 Å². The zero-order chi connectivity index (χ0) is 15.1. The fraction of sp³-hybridized carbons (Fsp3) is 0.400. The zero-order valence-corrected chi connectivity index (χ0v) is 12.2. The van der Waals surface area contributed by atoms with E-state index in [9.17, 15) is 4.79 Å². The molecule has 2 rings (SSSR count). The summed E-state index contributed by atoms with van der Waals surface area (Å²) >= 11 is 0. The van der Waals surface area contributed by atoms with Crippen molar-refractivity contribution in [3.8, 4) is 0 Å². The lowest BCUT2D eigenvalue weighted by Crippen LogP contribution is -2.25. The summed E-state index contributed by atoms with van der Waals surface area (Å²) in [6, 6.07) is 3.40. The number of hydrogen-bond donors (Lipinski definition) is 2. The van der Waals surface area contributed by atoms with Gasteiger partial charge in [0.1, 0.15) is 5.82 Å². The summed E-state index contributed by atoms with van der Waals surface area (Å²) in [7, 11) is 0. The van der Waals surface area contributed by atoms with Crippen LogP contribution in [0.1, 0.15) is 35.8 Å². The lowest BCUT2D eigenvalue weighted by molar-refractivity contribution is 0.0952. The van der Waals surface area contributed by atoms with Crippen molar-refractivity contribution in [3.05, 3.63) is 42.1 Å². The third kappa shape index (κ3) is 4.59. The molecule has 0 atom stereocenters. The molecular formula is C15H21N5O. The number of nitrogens with two attached hydrogens (primary N) is 1. The predicted molar refractivity (Wildman–Crippen MR) is 81.8 cm³/mol. The fourth-order valence-electron chi connectivity index (χ4n) is 2.07. The molecule has 0 saturated heterocycles. The number of carbonyl (C=O) groups excluding carboxylic acids is 1. The van der Waals surface area contributed by atoms with Crippen LogP contribution < -0.4 is 11.1 Å². The lowest BCUT2D eigenvalue weighted by atomic mass is 10.2. The van der Waals surface area contributed by atoms with Crippen molar-refractivity contribution in [2.75, 3.05) is 12.3 Å². The van der Waals surface area contributed by atoms with Crippen LogP contribution in [-0.2, 0) is 13.0 Å². The van der Waals surface area contributed by atoms with E-state index in [1.165, 1.54) is 0 Å². The molecule has 6 nitrogen and oxygen atoms in total. The van der Waals surface area contributed by atoms with Crippen LogP contribution >= 0.6 is 0 Å². The average molecular weight is 287 g/mol. The molecule has 0 saturated carbocycles. The van der Waals surface area contributed by atoms with Crippen molar-refractivity contribution < 1.29 is 4.79 Å². The normalized spacial score (nSPS) is 10.5. The SMILES string of the molecule is CCc1cc(C(=O)NCCCCn2ccnc2)cc(N)n1. The van der Waals surface area contributed by atoms with Crippen LogP contribution in [0.3, 0.4) is 0 Å². The molecule has 2 heterocycles. The number of pyridine rings is 1. The van der Waals surface area contributed by atoms with E-state index in [1.807, 2.05) is 17.7 Å². The fourth-order valence-corrected chi connectivity index (χ4v) is 2.07. The maximum atomic E-state index is 12.0. The summed E-state index contributed by atoms with van der Waals surface area (Å²) in [5.41, 5.74) is 7.11. The first-order valence-corrected chi connectivity index (χ1v) is 7.19. The molecule has 0 aliphatic carbocycles. The average Bonchev–Trinajstić information content (AvgIpc) is 2.99. The van der Waals surface area contributed by atoms with Crippen molar-refractivity contribution in [2.24, 2.45) is 0 Å². The molecule has 6 heteroatoms. The summed E-state index contributed by atoms with van der Waals surface area (Å²) in [6.45, 7) is 3.55. The van der Waals surface area contributed by atoms with E-state index in [0.717, 1.165) is 31.5 Å². The summed E-state index contributed by atoms with van der Waals surface area (Å²) < 4.78 is 2.03. The quantitative estimate of drug-likeness (QED) is 0.758. The Kier molecular flexibility index (Phi) is 5.31. The Morgan fingerprint density at radius 2 is 2.24 bits per heavy atom. The number of unbranched alkanes of at least 4 members (excludes halogenated alkanes) is 1. The Morgan fingerprint density at radius 1 is 1.38 bits per heavy atom. The highest BCUT2D eigenvalue weighted by molar-refractivity contribution is 5.94. The number of aryl methyl sites for hydroxylation is 2. The van der Waals surface area contributed by atoms with E-state index in [1.54, 1.807) is 24.7 Å². The van der Waals surface area contributed by atoms with Gasteiger partial charge in [0, 0.05) is 36.7 Å². The van der Waals surface area contributed by atoms with Crippen molar-refractivity contribution >= 4 is 11.7 Å². The lowest BCUT2D eigenvalue weighted by Gasteiger charge is -2.07. The van der Waals surface area contributed by atoms with Gasteiger partial charge in [-0.1, -0.05) is 6.92 Å². The van der Waals surface area contributed by atoms with Gasteiger partial charge in [0.15, 0.2) is 0 Å². The smallest absolute Gasteiger partial charge is 0.251 e. The molecule has 1 amide bonds. The number of amides is 1. The molecule has 21 heavy (non-hydrogen) atoms. The van der Waals surface area contributed by atoms with Gasteiger partial charge in [-0.3, -0.25) is 4.79 Å². The van der Waals surface area contributed by atoms with Crippen LogP contribution in [0.5, 0.6) is 0 Å². The number of carbonyl (C=O) groups is 1. The van der Waals surface area contributed by atoms with Crippen LogP contribution in [0, 0.1) is 0 Å². The second kappa shape index (κ2) is 7.42. The molecule has 0 radical (unpaired) electrons. The van der Waals surface area contributed by atoms with E-state index >= 15 is 0 Å². The third-order valence-corrected chi connectivity index (χ3v) is 3.21. The second-order valence-electron chi connectivity index (χ2n) is 4.89. The summed E-state index contributed by atoms with van der Waals surface area (Å²) in [6.07, 6.45) is 8.17. The van der Waals surface area contributed by atoms with Crippen molar-refractivity contribution in [2.45, 2.75) is 32.7 Å². The third-order valence-electron chi connectivity index (χ3n) is 3.21. The minimum absolute atomic E-state index is 0.0959. The first-order chi connectivity index (χ1) is 10.2. The minimum atomic E-state index is -0.0959. The molecule has 0 aromatic carbocycles. The van der Waals surface area contributed by atoms with Gasteiger partial charge in [0.25, 0.3) is 5.91 Å². The highest BCUT2D eigenvalue weighted by Crippen LogP contribution is 2.08. The van der Waals surface area contributed by atoms with Crippen LogP contribution in [0.2, 0.25) is 0 Å². The number of hydrogen-bond acceptors (Lipinski definition) is 4. The molecule has 0 fully saturated rings. The molecule has 0 unspecified atom stereocenters. The minimum Gasteiger partial charge on any atom is -0.384 e. The number of nitrogens with zero attached hydrogens (tertiary/aromatic N) is 3.